The molecule has 0 fully saturated rings. The van der Waals surface area contributed by atoms with Crippen LogP contribution < -0.4 is 5.73 Å². The summed E-state index contributed by atoms with van der Waals surface area (Å²) >= 11 is 0. The Balaban J connectivity index is 2.51. The van der Waals surface area contributed by atoms with Crippen LogP contribution in [0.4, 0.5) is 0 Å². The van der Waals surface area contributed by atoms with E-state index in [-0.39, 0.29) is 6.04 Å². The highest BCUT2D eigenvalue weighted by molar-refractivity contribution is 5.24. The summed E-state index contributed by atoms with van der Waals surface area (Å²) in [4.78, 5) is 4.11. The first kappa shape index (κ1) is 11.2. The van der Waals surface area contributed by atoms with E-state index in [1.807, 2.05) is 18.5 Å². The van der Waals surface area contributed by atoms with Gasteiger partial charge in [-0.3, -0.25) is 4.98 Å². The Bertz CT molecular complexity index is 271. The molecule has 0 aliphatic rings. The molecule has 0 amide bonds. The van der Waals surface area contributed by atoms with Crippen molar-refractivity contribution < 1.29 is 0 Å². The minimum atomic E-state index is 0.162. The van der Waals surface area contributed by atoms with Gasteiger partial charge in [-0.1, -0.05) is 26.2 Å². The largest absolute Gasteiger partial charge is 0.324 e. The van der Waals surface area contributed by atoms with Gasteiger partial charge in [0.2, 0.25) is 0 Å². The van der Waals surface area contributed by atoms with Crippen molar-refractivity contribution in [1.29, 1.82) is 0 Å². The number of nitrogens with two attached hydrogens (primary N) is 1. The summed E-state index contributed by atoms with van der Waals surface area (Å²) in [6, 6.07) is 2.19. The van der Waals surface area contributed by atoms with Gasteiger partial charge >= 0.3 is 0 Å². The highest BCUT2D eigenvalue weighted by Crippen LogP contribution is 2.19. The van der Waals surface area contributed by atoms with Crippen LogP contribution >= 0.6 is 0 Å². The molecule has 2 heteroatoms. The smallest absolute Gasteiger partial charge is 0.0318 e. The van der Waals surface area contributed by atoms with Gasteiger partial charge in [-0.25, -0.2) is 0 Å². The van der Waals surface area contributed by atoms with E-state index in [2.05, 4.69) is 18.8 Å². The van der Waals surface area contributed by atoms with Gasteiger partial charge in [0.15, 0.2) is 0 Å². The fourth-order valence-electron chi connectivity index (χ4n) is 1.63. The second kappa shape index (κ2) is 5.76. The van der Waals surface area contributed by atoms with Crippen LogP contribution in [0.5, 0.6) is 0 Å². The molecule has 1 unspecified atom stereocenters. The molecule has 0 spiro atoms. The molecule has 1 aromatic heterocycles. The van der Waals surface area contributed by atoms with E-state index in [0.29, 0.717) is 0 Å². The molecule has 1 aromatic rings. The molecule has 0 aliphatic carbocycles. The molecule has 0 radical (unpaired) electrons. The molecule has 2 N–H and O–H groups in total. The Kier molecular flexibility index (Phi) is 4.60. The molecule has 14 heavy (non-hydrogen) atoms. The summed E-state index contributed by atoms with van der Waals surface area (Å²) in [5.41, 5.74) is 8.55. The molecule has 78 valence electrons. The molecule has 1 heterocycles. The van der Waals surface area contributed by atoms with Crippen molar-refractivity contribution >= 4 is 0 Å². The molecule has 1 rings (SSSR count). The van der Waals surface area contributed by atoms with Gasteiger partial charge in [0.1, 0.15) is 0 Å². The molecule has 2 nitrogen and oxygen atoms in total. The Morgan fingerprint density at radius 3 is 2.86 bits per heavy atom. The van der Waals surface area contributed by atoms with E-state index in [1.165, 1.54) is 30.4 Å². The first-order valence-corrected chi connectivity index (χ1v) is 5.41. The summed E-state index contributed by atoms with van der Waals surface area (Å²) in [6.07, 6.45) is 8.52. The van der Waals surface area contributed by atoms with Crippen molar-refractivity contribution in [1.82, 2.24) is 4.98 Å². The number of rotatable bonds is 5. The van der Waals surface area contributed by atoms with Gasteiger partial charge in [0.05, 0.1) is 0 Å². The van der Waals surface area contributed by atoms with Crippen LogP contribution in [0.1, 0.15) is 49.8 Å². The first-order chi connectivity index (χ1) is 6.75. The van der Waals surface area contributed by atoms with Crippen molar-refractivity contribution in [2.45, 2.75) is 45.6 Å². The maximum absolute atomic E-state index is 6.10. The topological polar surface area (TPSA) is 38.9 Å². The molecule has 0 aromatic carbocycles. The second-order valence-electron chi connectivity index (χ2n) is 3.83. The van der Waals surface area contributed by atoms with Crippen molar-refractivity contribution in [3.63, 3.8) is 0 Å². The molecule has 0 saturated heterocycles. The lowest BCUT2D eigenvalue weighted by molar-refractivity contribution is 0.578. The van der Waals surface area contributed by atoms with Gasteiger partial charge < -0.3 is 5.73 Å². The van der Waals surface area contributed by atoms with Crippen LogP contribution in [0.15, 0.2) is 18.5 Å². The average Bonchev–Trinajstić information content (AvgIpc) is 2.18. The van der Waals surface area contributed by atoms with Gasteiger partial charge in [0.25, 0.3) is 0 Å². The Morgan fingerprint density at radius 1 is 1.43 bits per heavy atom. The van der Waals surface area contributed by atoms with Gasteiger partial charge in [0, 0.05) is 18.4 Å². The standard InChI is InChI=1S/C12H20N2/c1-3-4-5-6-12(13)11-9-14-8-7-10(11)2/h7-9,12H,3-6,13H2,1-2H3. The number of aromatic nitrogens is 1. The lowest BCUT2D eigenvalue weighted by Crippen LogP contribution is -2.11. The molecule has 0 saturated carbocycles. The predicted octanol–water partition coefficient (Wildman–Crippen LogP) is 2.97. The summed E-state index contributed by atoms with van der Waals surface area (Å²) in [5.74, 6) is 0. The summed E-state index contributed by atoms with van der Waals surface area (Å²) in [7, 11) is 0. The van der Waals surface area contributed by atoms with Crippen LogP contribution in [0.25, 0.3) is 0 Å². The van der Waals surface area contributed by atoms with Crippen LogP contribution in [0.3, 0.4) is 0 Å². The average molecular weight is 192 g/mol. The molecule has 0 aliphatic heterocycles. The van der Waals surface area contributed by atoms with Gasteiger partial charge in [-0.05, 0) is 30.5 Å². The lowest BCUT2D eigenvalue weighted by Gasteiger charge is -2.13. The van der Waals surface area contributed by atoms with Crippen molar-refractivity contribution in [2.75, 3.05) is 0 Å². The van der Waals surface area contributed by atoms with Crippen LogP contribution in [-0.4, -0.2) is 4.98 Å². The fourth-order valence-corrected chi connectivity index (χ4v) is 1.63. The van der Waals surface area contributed by atoms with Crippen molar-refractivity contribution in [3.8, 4) is 0 Å². The second-order valence-corrected chi connectivity index (χ2v) is 3.83. The third-order valence-corrected chi connectivity index (χ3v) is 2.60. The number of aryl methyl sites for hydroxylation is 1. The summed E-state index contributed by atoms with van der Waals surface area (Å²) in [6.45, 7) is 4.30. The minimum Gasteiger partial charge on any atom is -0.324 e. The number of nitrogens with zero attached hydrogens (tertiary/aromatic N) is 1. The van der Waals surface area contributed by atoms with Crippen molar-refractivity contribution in [2.24, 2.45) is 5.73 Å². The van der Waals surface area contributed by atoms with Gasteiger partial charge in [-0.2, -0.15) is 0 Å². The van der Waals surface area contributed by atoms with E-state index >= 15 is 0 Å². The molecule has 0 bridgehead atoms. The normalized spacial score (nSPS) is 12.8. The zero-order valence-electron chi connectivity index (χ0n) is 9.16. The number of unbranched alkanes of at least 4 members (excludes halogenated alkanes) is 2. The van der Waals surface area contributed by atoms with E-state index in [4.69, 9.17) is 5.73 Å². The highest BCUT2D eigenvalue weighted by atomic mass is 14.7. The Morgan fingerprint density at radius 2 is 2.21 bits per heavy atom. The summed E-state index contributed by atoms with van der Waals surface area (Å²) < 4.78 is 0. The third kappa shape index (κ3) is 3.11. The monoisotopic (exact) mass is 192 g/mol. The minimum absolute atomic E-state index is 0.162. The lowest BCUT2D eigenvalue weighted by atomic mass is 9.99. The van der Waals surface area contributed by atoms with E-state index in [1.54, 1.807) is 0 Å². The van der Waals surface area contributed by atoms with Crippen molar-refractivity contribution in [3.05, 3.63) is 29.6 Å². The quantitative estimate of drug-likeness (QED) is 0.728. The zero-order chi connectivity index (χ0) is 10.4. The molecular formula is C12H20N2. The first-order valence-electron chi connectivity index (χ1n) is 5.41. The third-order valence-electron chi connectivity index (χ3n) is 2.60. The van der Waals surface area contributed by atoms with Gasteiger partial charge in [-0.15, -0.1) is 0 Å². The Hall–Kier alpha value is -0.890. The number of hydrogen-bond donors (Lipinski definition) is 1. The SMILES string of the molecule is CCCCCC(N)c1cnccc1C. The van der Waals surface area contributed by atoms with Crippen LogP contribution in [0.2, 0.25) is 0 Å². The zero-order valence-corrected chi connectivity index (χ0v) is 9.16. The maximum Gasteiger partial charge on any atom is 0.0318 e. The highest BCUT2D eigenvalue weighted by Gasteiger charge is 2.07. The van der Waals surface area contributed by atoms with E-state index in [9.17, 15) is 0 Å². The van der Waals surface area contributed by atoms with Crippen LogP contribution in [-0.2, 0) is 0 Å². The predicted molar refractivity (Wildman–Crippen MR) is 60.0 cm³/mol. The summed E-state index contributed by atoms with van der Waals surface area (Å²) in [5, 5.41) is 0. The molecular weight excluding hydrogens is 172 g/mol. The van der Waals surface area contributed by atoms with E-state index < -0.39 is 0 Å². The van der Waals surface area contributed by atoms with E-state index in [0.717, 1.165) is 6.42 Å². The Labute approximate surface area is 86.5 Å². The fraction of sp³-hybridized carbons (Fsp3) is 0.583. The molecule has 1 atom stereocenters. The maximum atomic E-state index is 6.10. The number of pyridine rings is 1. The van der Waals surface area contributed by atoms with Crippen LogP contribution in [0, 0.1) is 6.92 Å². The number of hydrogen-bond acceptors (Lipinski definition) is 2.